The van der Waals surface area contributed by atoms with E-state index in [2.05, 4.69) is 15.5 Å². The molecule has 0 spiro atoms. The molecule has 1 amide bonds. The van der Waals surface area contributed by atoms with Crippen LogP contribution in [-0.2, 0) is 16.6 Å². The van der Waals surface area contributed by atoms with Gasteiger partial charge in [0.1, 0.15) is 17.4 Å². The van der Waals surface area contributed by atoms with Crippen molar-refractivity contribution in [1.29, 1.82) is 0 Å². The van der Waals surface area contributed by atoms with Crippen LogP contribution >= 0.6 is 0 Å². The van der Waals surface area contributed by atoms with Gasteiger partial charge in [-0.2, -0.15) is 10.2 Å². The fourth-order valence-electron chi connectivity index (χ4n) is 1.93. The van der Waals surface area contributed by atoms with Crippen LogP contribution < -0.4 is 5.32 Å². The second kappa shape index (κ2) is 6.42. The zero-order valence-electron chi connectivity index (χ0n) is 13.0. The topological polar surface area (TPSA) is 91.0 Å². The minimum Gasteiger partial charge on any atom is -0.462 e. The van der Waals surface area contributed by atoms with E-state index in [1.165, 1.54) is 10.9 Å². The van der Waals surface area contributed by atoms with Crippen molar-refractivity contribution in [3.05, 3.63) is 29.7 Å². The summed E-state index contributed by atoms with van der Waals surface area (Å²) in [6.07, 6.45) is 3.10. The van der Waals surface area contributed by atoms with E-state index in [1.54, 1.807) is 31.8 Å². The van der Waals surface area contributed by atoms with Gasteiger partial charge in [-0.3, -0.25) is 14.2 Å². The lowest BCUT2D eigenvalue weighted by Gasteiger charge is -2.13. The highest BCUT2D eigenvalue weighted by molar-refractivity contribution is 6.01. The zero-order valence-corrected chi connectivity index (χ0v) is 13.0. The van der Waals surface area contributed by atoms with Crippen LogP contribution in [0.2, 0.25) is 0 Å². The molecule has 2 aromatic heterocycles. The van der Waals surface area contributed by atoms with Crippen molar-refractivity contribution in [3.8, 4) is 0 Å². The van der Waals surface area contributed by atoms with Crippen molar-refractivity contribution in [3.63, 3.8) is 0 Å². The molecule has 8 nitrogen and oxygen atoms in total. The summed E-state index contributed by atoms with van der Waals surface area (Å²) in [5, 5.41) is 10.9. The second-order valence-corrected chi connectivity index (χ2v) is 4.85. The van der Waals surface area contributed by atoms with Gasteiger partial charge in [0.25, 0.3) is 0 Å². The number of aromatic nitrogens is 4. The molecule has 1 N–H and O–H groups in total. The van der Waals surface area contributed by atoms with Gasteiger partial charge in [-0.25, -0.2) is 4.79 Å². The molecule has 118 valence electrons. The number of aryl methyl sites for hydroxylation is 2. The summed E-state index contributed by atoms with van der Waals surface area (Å²) in [6.45, 7) is 5.54. The Balaban J connectivity index is 2.18. The van der Waals surface area contributed by atoms with Gasteiger partial charge >= 0.3 is 5.97 Å². The summed E-state index contributed by atoms with van der Waals surface area (Å²) >= 11 is 0. The quantitative estimate of drug-likeness (QED) is 0.841. The molecule has 2 heterocycles. The van der Waals surface area contributed by atoms with E-state index in [4.69, 9.17) is 4.74 Å². The van der Waals surface area contributed by atoms with Crippen LogP contribution in [0, 0.1) is 6.92 Å². The molecule has 0 fully saturated rings. The molecule has 22 heavy (non-hydrogen) atoms. The molecule has 0 aromatic carbocycles. The van der Waals surface area contributed by atoms with Crippen LogP contribution in [0.3, 0.4) is 0 Å². The summed E-state index contributed by atoms with van der Waals surface area (Å²) < 4.78 is 7.93. The predicted octanol–water partition coefficient (Wildman–Crippen LogP) is 1.30. The van der Waals surface area contributed by atoms with Crippen LogP contribution in [0.5, 0.6) is 0 Å². The van der Waals surface area contributed by atoms with Crippen LogP contribution in [0.4, 0.5) is 5.82 Å². The van der Waals surface area contributed by atoms with Crippen molar-refractivity contribution in [2.75, 3.05) is 11.9 Å². The Morgan fingerprint density at radius 3 is 2.77 bits per heavy atom. The minimum absolute atomic E-state index is 0.224. The summed E-state index contributed by atoms with van der Waals surface area (Å²) in [4.78, 5) is 24.2. The summed E-state index contributed by atoms with van der Waals surface area (Å²) in [6, 6.07) is 1.30. The first kappa shape index (κ1) is 15.7. The highest BCUT2D eigenvalue weighted by Crippen LogP contribution is 2.17. The molecule has 0 radical (unpaired) electrons. The number of ether oxygens (including phenoxy) is 1. The number of carbonyl (C=O) groups excluding carboxylic acids is 2. The molecule has 2 rings (SSSR count). The number of nitrogens with zero attached hydrogens (tertiary/aromatic N) is 4. The third-order valence-electron chi connectivity index (χ3n) is 3.19. The van der Waals surface area contributed by atoms with E-state index in [0.29, 0.717) is 5.82 Å². The number of esters is 1. The second-order valence-electron chi connectivity index (χ2n) is 4.85. The lowest BCUT2D eigenvalue weighted by molar-refractivity contribution is -0.119. The number of hydrogen-bond acceptors (Lipinski definition) is 5. The number of carbonyl (C=O) groups is 2. The summed E-state index contributed by atoms with van der Waals surface area (Å²) in [5.74, 6) is -0.509. The molecule has 0 saturated carbocycles. The average Bonchev–Trinajstić information content (AvgIpc) is 3.05. The molecular formula is C14H19N5O3. The minimum atomic E-state index is -0.520. The van der Waals surface area contributed by atoms with Gasteiger partial charge in [-0.15, -0.1) is 0 Å². The van der Waals surface area contributed by atoms with Crippen molar-refractivity contribution in [1.82, 2.24) is 19.6 Å². The molecule has 0 aliphatic rings. The molecule has 2 aromatic rings. The molecule has 0 bridgehead atoms. The summed E-state index contributed by atoms with van der Waals surface area (Å²) in [7, 11) is 1.64. The van der Waals surface area contributed by atoms with Crippen LogP contribution in [0.25, 0.3) is 0 Å². The fraction of sp³-hybridized carbons (Fsp3) is 0.429. The first-order chi connectivity index (χ1) is 10.4. The van der Waals surface area contributed by atoms with Gasteiger partial charge < -0.3 is 10.1 Å². The fourth-order valence-corrected chi connectivity index (χ4v) is 1.93. The largest absolute Gasteiger partial charge is 0.462 e. The maximum atomic E-state index is 12.3. The predicted molar refractivity (Wildman–Crippen MR) is 79.5 cm³/mol. The Kier molecular flexibility index (Phi) is 4.59. The zero-order chi connectivity index (χ0) is 16.3. The smallest absolute Gasteiger partial charge is 0.343 e. The van der Waals surface area contributed by atoms with E-state index in [0.717, 1.165) is 5.69 Å². The van der Waals surface area contributed by atoms with Crippen molar-refractivity contribution < 1.29 is 14.3 Å². The van der Waals surface area contributed by atoms with Gasteiger partial charge in [0.2, 0.25) is 5.91 Å². The SMILES string of the molecule is CCOC(=O)c1cnn(C)c1NC(=O)C(C)n1ccc(C)n1. The van der Waals surface area contributed by atoms with E-state index in [1.807, 2.05) is 13.0 Å². The number of amides is 1. The third kappa shape index (κ3) is 3.16. The number of nitrogens with one attached hydrogen (secondary N) is 1. The van der Waals surface area contributed by atoms with Crippen molar-refractivity contribution in [2.24, 2.45) is 7.05 Å². The maximum absolute atomic E-state index is 12.3. The lowest BCUT2D eigenvalue weighted by Crippen LogP contribution is -2.26. The standard InChI is InChI=1S/C14H19N5O3/c1-5-22-14(21)11-8-15-18(4)12(11)16-13(20)10(3)19-7-6-9(2)17-19/h6-8,10H,5H2,1-4H3,(H,16,20). The molecule has 0 saturated heterocycles. The van der Waals surface area contributed by atoms with E-state index < -0.39 is 12.0 Å². The molecular weight excluding hydrogens is 286 g/mol. The normalized spacial score (nSPS) is 12.0. The van der Waals surface area contributed by atoms with Gasteiger partial charge in [0, 0.05) is 13.2 Å². The Hall–Kier alpha value is -2.64. The monoisotopic (exact) mass is 305 g/mol. The van der Waals surface area contributed by atoms with Gasteiger partial charge in [-0.1, -0.05) is 0 Å². The molecule has 0 aliphatic carbocycles. The Labute approximate surface area is 128 Å². The maximum Gasteiger partial charge on any atom is 0.343 e. The van der Waals surface area contributed by atoms with Crippen LogP contribution in [0.15, 0.2) is 18.5 Å². The molecule has 8 heteroatoms. The Morgan fingerprint density at radius 1 is 1.45 bits per heavy atom. The molecule has 1 atom stereocenters. The van der Waals surface area contributed by atoms with Crippen LogP contribution in [0.1, 0.15) is 35.9 Å². The van der Waals surface area contributed by atoms with Crippen LogP contribution in [-0.4, -0.2) is 38.0 Å². The Morgan fingerprint density at radius 2 is 2.18 bits per heavy atom. The van der Waals surface area contributed by atoms with E-state index in [9.17, 15) is 9.59 Å². The summed E-state index contributed by atoms with van der Waals surface area (Å²) in [5.41, 5.74) is 1.05. The highest BCUT2D eigenvalue weighted by atomic mass is 16.5. The Bertz CT molecular complexity index is 688. The molecule has 0 aliphatic heterocycles. The first-order valence-electron chi connectivity index (χ1n) is 6.95. The molecule has 1 unspecified atom stereocenters. The van der Waals surface area contributed by atoms with Crippen molar-refractivity contribution >= 4 is 17.7 Å². The van der Waals surface area contributed by atoms with Gasteiger partial charge in [0.05, 0.1) is 18.5 Å². The number of anilines is 1. The third-order valence-corrected chi connectivity index (χ3v) is 3.19. The van der Waals surface area contributed by atoms with E-state index in [-0.39, 0.29) is 18.1 Å². The first-order valence-corrected chi connectivity index (χ1v) is 6.95. The number of rotatable bonds is 5. The van der Waals surface area contributed by atoms with Gasteiger partial charge in [-0.05, 0) is 26.8 Å². The van der Waals surface area contributed by atoms with E-state index >= 15 is 0 Å². The number of hydrogen-bond donors (Lipinski definition) is 1. The van der Waals surface area contributed by atoms with Gasteiger partial charge in [0.15, 0.2) is 0 Å². The lowest BCUT2D eigenvalue weighted by atomic mass is 10.3. The average molecular weight is 305 g/mol. The highest BCUT2D eigenvalue weighted by Gasteiger charge is 2.22. The van der Waals surface area contributed by atoms with Crippen molar-refractivity contribution in [2.45, 2.75) is 26.8 Å².